The summed E-state index contributed by atoms with van der Waals surface area (Å²) in [6.07, 6.45) is -1.20. The van der Waals surface area contributed by atoms with Gasteiger partial charge in [0.25, 0.3) is 0 Å². The van der Waals surface area contributed by atoms with Crippen LogP contribution in [0, 0.1) is 0 Å². The summed E-state index contributed by atoms with van der Waals surface area (Å²) in [5, 5.41) is 22.8. The van der Waals surface area contributed by atoms with Crippen LogP contribution < -0.4 is 10.6 Å². The molecule has 0 aliphatic carbocycles. The Bertz CT molecular complexity index is 473. The average molecular weight is 396 g/mol. The van der Waals surface area contributed by atoms with Crippen molar-refractivity contribution < 1.29 is 19.8 Å². The summed E-state index contributed by atoms with van der Waals surface area (Å²) in [6.45, 7) is 1.29. The number of anilines is 1. The number of aliphatic hydroxyl groups is 1. The van der Waals surface area contributed by atoms with Crippen LogP contribution in [0.2, 0.25) is 0 Å². The first-order chi connectivity index (χ1) is 8.82. The van der Waals surface area contributed by atoms with E-state index in [-0.39, 0.29) is 0 Å². The van der Waals surface area contributed by atoms with Gasteiger partial charge in [-0.05, 0) is 50.9 Å². The highest BCUT2D eigenvalue weighted by atomic mass is 79.9. The third-order valence-electron chi connectivity index (χ3n) is 2.24. The molecule has 2 amide bonds. The third kappa shape index (κ3) is 4.48. The lowest BCUT2D eigenvalue weighted by atomic mass is 10.2. The van der Waals surface area contributed by atoms with Crippen molar-refractivity contribution in [3.8, 4) is 0 Å². The molecule has 0 unspecified atom stereocenters. The highest BCUT2D eigenvalue weighted by Gasteiger charge is 2.25. The monoisotopic (exact) mass is 394 g/mol. The normalized spacial score (nSPS) is 13.5. The molecule has 4 N–H and O–H groups in total. The van der Waals surface area contributed by atoms with E-state index in [0.717, 1.165) is 0 Å². The highest BCUT2D eigenvalue weighted by Crippen LogP contribution is 2.30. The number of hydrogen-bond acceptors (Lipinski definition) is 3. The Balaban J connectivity index is 2.78. The summed E-state index contributed by atoms with van der Waals surface area (Å²) in [7, 11) is 0. The van der Waals surface area contributed by atoms with Crippen molar-refractivity contribution in [3.63, 3.8) is 0 Å². The second-order valence-electron chi connectivity index (χ2n) is 3.75. The summed E-state index contributed by atoms with van der Waals surface area (Å²) < 4.78 is 1.28. The quantitative estimate of drug-likeness (QED) is 0.627. The summed E-state index contributed by atoms with van der Waals surface area (Å²) >= 11 is 6.52. The van der Waals surface area contributed by atoms with Gasteiger partial charge in [-0.25, -0.2) is 9.59 Å². The zero-order valence-corrected chi connectivity index (χ0v) is 13.0. The number of aliphatic hydroxyl groups excluding tert-OH is 1. The second-order valence-corrected chi connectivity index (χ2v) is 5.46. The summed E-state index contributed by atoms with van der Waals surface area (Å²) in [5.41, 5.74) is 0.467. The molecule has 0 aliphatic rings. The lowest BCUT2D eigenvalue weighted by Gasteiger charge is -2.18. The van der Waals surface area contributed by atoms with Crippen molar-refractivity contribution in [2.24, 2.45) is 0 Å². The maximum atomic E-state index is 11.7. The number of hydrogen-bond donors (Lipinski definition) is 4. The minimum absolute atomic E-state index is 0.467. The number of para-hydroxylation sites is 1. The number of amides is 2. The molecule has 0 spiro atoms. The molecule has 104 valence electrons. The van der Waals surface area contributed by atoms with Gasteiger partial charge in [0.05, 0.1) is 11.8 Å². The van der Waals surface area contributed by atoms with Gasteiger partial charge in [0.2, 0.25) is 0 Å². The number of carboxylic acids is 1. The number of carbonyl (C=O) groups is 2. The van der Waals surface area contributed by atoms with Crippen LogP contribution >= 0.6 is 31.9 Å². The molecule has 0 fully saturated rings. The van der Waals surface area contributed by atoms with E-state index in [1.54, 1.807) is 18.2 Å². The fraction of sp³-hybridized carbons (Fsp3) is 0.273. The summed E-state index contributed by atoms with van der Waals surface area (Å²) in [5.74, 6) is -1.31. The van der Waals surface area contributed by atoms with Gasteiger partial charge in [-0.15, -0.1) is 0 Å². The fourth-order valence-electron chi connectivity index (χ4n) is 1.30. The molecule has 0 heterocycles. The van der Waals surface area contributed by atoms with Crippen LogP contribution in [0.25, 0.3) is 0 Å². The number of carbonyl (C=O) groups excluding carboxylic acids is 1. The first-order valence-corrected chi connectivity index (χ1v) is 6.84. The molecule has 6 nitrogen and oxygen atoms in total. The zero-order chi connectivity index (χ0) is 14.6. The lowest BCUT2D eigenvalue weighted by molar-refractivity contribution is -0.141. The molecule has 1 rings (SSSR count). The molecule has 0 aliphatic heterocycles. The number of halogens is 2. The van der Waals surface area contributed by atoms with E-state index in [1.807, 2.05) is 0 Å². The Morgan fingerprint density at radius 2 is 1.79 bits per heavy atom. The average Bonchev–Trinajstić information content (AvgIpc) is 2.30. The number of urea groups is 1. The summed E-state index contributed by atoms with van der Waals surface area (Å²) in [4.78, 5) is 22.5. The van der Waals surface area contributed by atoms with E-state index in [1.165, 1.54) is 6.92 Å². The molecular formula is C11H12Br2N2O4. The van der Waals surface area contributed by atoms with E-state index in [4.69, 9.17) is 5.11 Å². The molecular weight excluding hydrogens is 384 g/mol. The van der Waals surface area contributed by atoms with Crippen molar-refractivity contribution in [2.75, 3.05) is 5.32 Å². The molecule has 1 aromatic carbocycles. The molecule has 0 bridgehead atoms. The smallest absolute Gasteiger partial charge is 0.328 e. The largest absolute Gasteiger partial charge is 0.480 e. The van der Waals surface area contributed by atoms with Crippen molar-refractivity contribution in [2.45, 2.75) is 19.1 Å². The fourth-order valence-corrected chi connectivity index (χ4v) is 2.49. The third-order valence-corrected chi connectivity index (χ3v) is 3.56. The van der Waals surface area contributed by atoms with Crippen LogP contribution in [-0.4, -0.2) is 34.4 Å². The molecule has 8 heteroatoms. The first-order valence-electron chi connectivity index (χ1n) is 5.25. The van der Waals surface area contributed by atoms with Gasteiger partial charge in [0.1, 0.15) is 0 Å². The van der Waals surface area contributed by atoms with E-state index in [0.29, 0.717) is 14.6 Å². The number of benzene rings is 1. The minimum atomic E-state index is -1.37. The Hall–Kier alpha value is -1.12. The molecule has 0 saturated heterocycles. The number of aliphatic carboxylic acids is 1. The molecule has 1 aromatic rings. The molecule has 0 radical (unpaired) electrons. The van der Waals surface area contributed by atoms with Gasteiger partial charge in [-0.2, -0.15) is 0 Å². The Labute approximate surface area is 126 Å². The van der Waals surface area contributed by atoms with Crippen LogP contribution in [0.15, 0.2) is 27.1 Å². The molecule has 19 heavy (non-hydrogen) atoms. The van der Waals surface area contributed by atoms with E-state index < -0.39 is 24.1 Å². The molecule has 0 saturated carbocycles. The van der Waals surface area contributed by atoms with Crippen molar-refractivity contribution in [1.29, 1.82) is 0 Å². The Morgan fingerprint density at radius 1 is 1.26 bits per heavy atom. The summed E-state index contributed by atoms with van der Waals surface area (Å²) in [6, 6.07) is 3.13. The van der Waals surface area contributed by atoms with Crippen LogP contribution in [0.5, 0.6) is 0 Å². The van der Waals surface area contributed by atoms with E-state index in [2.05, 4.69) is 42.5 Å². The minimum Gasteiger partial charge on any atom is -0.480 e. The van der Waals surface area contributed by atoms with Crippen molar-refractivity contribution >= 4 is 49.5 Å². The number of rotatable bonds is 4. The maximum absolute atomic E-state index is 11.7. The Kier molecular flexibility index (Phi) is 5.77. The standard InChI is InChI=1S/C11H12Br2N2O4/c1-5(16)8(10(17)18)14-11(19)15-9-6(12)3-2-4-7(9)13/h2-5,8,16H,1H3,(H,17,18)(H2,14,15,19)/t5-,8+/m1/s1. The van der Waals surface area contributed by atoms with E-state index in [9.17, 15) is 14.7 Å². The van der Waals surface area contributed by atoms with E-state index >= 15 is 0 Å². The number of carboxylic acid groups (broad SMARTS) is 1. The van der Waals surface area contributed by atoms with Crippen LogP contribution in [0.1, 0.15) is 6.92 Å². The van der Waals surface area contributed by atoms with Gasteiger partial charge in [0.15, 0.2) is 6.04 Å². The van der Waals surface area contributed by atoms with Gasteiger partial charge < -0.3 is 20.8 Å². The topological polar surface area (TPSA) is 98.7 Å². The predicted octanol–water partition coefficient (Wildman–Crippen LogP) is 2.17. The van der Waals surface area contributed by atoms with Crippen LogP contribution in [-0.2, 0) is 4.79 Å². The van der Waals surface area contributed by atoms with Crippen molar-refractivity contribution in [1.82, 2.24) is 5.32 Å². The van der Waals surface area contributed by atoms with Gasteiger partial charge >= 0.3 is 12.0 Å². The first kappa shape index (κ1) is 15.9. The lowest BCUT2D eigenvalue weighted by Crippen LogP contribution is -2.49. The highest BCUT2D eigenvalue weighted by molar-refractivity contribution is 9.11. The maximum Gasteiger partial charge on any atom is 0.328 e. The van der Waals surface area contributed by atoms with Gasteiger partial charge in [-0.1, -0.05) is 6.07 Å². The molecule has 2 atom stereocenters. The van der Waals surface area contributed by atoms with Crippen LogP contribution in [0.4, 0.5) is 10.5 Å². The number of nitrogens with one attached hydrogen (secondary N) is 2. The predicted molar refractivity (Wildman–Crippen MR) is 77.1 cm³/mol. The molecule has 0 aromatic heterocycles. The van der Waals surface area contributed by atoms with Crippen molar-refractivity contribution in [3.05, 3.63) is 27.1 Å². The SMILES string of the molecule is C[C@@H](O)[C@H](NC(=O)Nc1c(Br)cccc1Br)C(=O)O. The van der Waals surface area contributed by atoms with Gasteiger partial charge in [-0.3, -0.25) is 0 Å². The zero-order valence-electron chi connectivity index (χ0n) is 9.85. The Morgan fingerprint density at radius 3 is 2.21 bits per heavy atom. The van der Waals surface area contributed by atoms with Gasteiger partial charge in [0, 0.05) is 8.95 Å². The second kappa shape index (κ2) is 6.88. The van der Waals surface area contributed by atoms with Crippen LogP contribution in [0.3, 0.4) is 0 Å².